The van der Waals surface area contributed by atoms with Crippen LogP contribution in [-0.2, 0) is 4.79 Å². The van der Waals surface area contributed by atoms with Crippen LogP contribution < -0.4 is 5.32 Å². The number of nitrogens with one attached hydrogen (secondary N) is 1. The smallest absolute Gasteiger partial charge is 0.270 e. The van der Waals surface area contributed by atoms with E-state index in [1.807, 2.05) is 0 Å². The fourth-order valence-electron chi connectivity index (χ4n) is 1.77. The number of nitro benzene ring substituents is 1. The average Bonchev–Trinajstić information content (AvgIpc) is 2.54. The average molecular weight is 363 g/mol. The lowest BCUT2D eigenvalue weighted by atomic mass is 10.1. The number of benzene rings is 2. The number of hydrogen-bond donors (Lipinski definition) is 1. The molecule has 0 aliphatic carbocycles. The Bertz CT molecular complexity index is 718. The maximum Gasteiger partial charge on any atom is 0.270 e. The first-order chi connectivity index (χ1) is 10.5. The first-order valence-electron chi connectivity index (χ1n) is 6.27. The van der Waals surface area contributed by atoms with Gasteiger partial charge in [-0.1, -0.05) is 46.3 Å². The van der Waals surface area contributed by atoms with Crippen LogP contribution in [0.2, 0.25) is 0 Å². The number of Topliss-reactive ketones (excluding diaryl/α,β-unsaturated/α-hetero) is 1. The van der Waals surface area contributed by atoms with Crippen molar-refractivity contribution < 1.29 is 14.5 Å². The standard InChI is InChI=1S/C15H11BrN2O4/c16-13(15(20)17-11-6-2-1-3-7-11)14(19)10-5-4-8-12(9-10)18(21)22/h1-9,13H,(H,17,20). The topological polar surface area (TPSA) is 89.3 Å². The van der Waals surface area contributed by atoms with E-state index in [1.54, 1.807) is 30.3 Å². The first-order valence-corrected chi connectivity index (χ1v) is 7.19. The van der Waals surface area contributed by atoms with Gasteiger partial charge in [0.2, 0.25) is 5.91 Å². The minimum atomic E-state index is -1.13. The highest BCUT2D eigenvalue weighted by Gasteiger charge is 2.25. The van der Waals surface area contributed by atoms with Crippen LogP contribution in [0.1, 0.15) is 10.4 Å². The number of nitrogens with zero attached hydrogens (tertiary/aromatic N) is 1. The highest BCUT2D eigenvalue weighted by atomic mass is 79.9. The van der Waals surface area contributed by atoms with E-state index in [9.17, 15) is 19.7 Å². The van der Waals surface area contributed by atoms with Crippen molar-refractivity contribution >= 4 is 39.0 Å². The molecule has 0 spiro atoms. The van der Waals surface area contributed by atoms with Crippen molar-refractivity contribution in [2.75, 3.05) is 5.32 Å². The molecule has 1 atom stereocenters. The van der Waals surface area contributed by atoms with E-state index in [-0.39, 0.29) is 11.3 Å². The maximum atomic E-state index is 12.2. The summed E-state index contributed by atoms with van der Waals surface area (Å²) in [6, 6.07) is 13.9. The van der Waals surface area contributed by atoms with Gasteiger partial charge >= 0.3 is 0 Å². The molecule has 6 nitrogen and oxygen atoms in total. The number of hydrogen-bond acceptors (Lipinski definition) is 4. The third-order valence-corrected chi connectivity index (χ3v) is 3.67. The number of halogens is 1. The summed E-state index contributed by atoms with van der Waals surface area (Å²) in [5.41, 5.74) is 0.456. The van der Waals surface area contributed by atoms with E-state index in [2.05, 4.69) is 21.2 Å². The number of nitro groups is 1. The molecular formula is C15H11BrN2O4. The molecule has 1 unspecified atom stereocenters. The second-order valence-corrected chi connectivity index (χ2v) is 5.31. The summed E-state index contributed by atoms with van der Waals surface area (Å²) in [4.78, 5) is 33.3. The number of amides is 1. The third kappa shape index (κ3) is 3.76. The molecule has 0 heterocycles. The predicted octanol–water partition coefficient (Wildman–Crippen LogP) is 3.18. The normalized spacial score (nSPS) is 11.5. The summed E-state index contributed by atoms with van der Waals surface area (Å²) in [5.74, 6) is -1.08. The molecule has 7 heteroatoms. The number of carbonyl (C=O) groups excluding carboxylic acids is 2. The number of rotatable bonds is 5. The van der Waals surface area contributed by atoms with Crippen molar-refractivity contribution in [2.45, 2.75) is 4.83 Å². The molecule has 1 amide bonds. The summed E-state index contributed by atoms with van der Waals surface area (Å²) in [6.45, 7) is 0. The van der Waals surface area contributed by atoms with E-state index >= 15 is 0 Å². The highest BCUT2D eigenvalue weighted by Crippen LogP contribution is 2.18. The Morgan fingerprint density at radius 2 is 1.77 bits per heavy atom. The molecular weight excluding hydrogens is 352 g/mol. The summed E-state index contributed by atoms with van der Waals surface area (Å²) >= 11 is 3.03. The lowest BCUT2D eigenvalue weighted by Gasteiger charge is -2.10. The van der Waals surface area contributed by atoms with E-state index in [0.717, 1.165) is 6.07 Å². The van der Waals surface area contributed by atoms with Crippen LogP contribution in [0, 0.1) is 10.1 Å². The minimum absolute atomic E-state index is 0.0966. The largest absolute Gasteiger partial charge is 0.325 e. The Morgan fingerprint density at radius 3 is 2.41 bits per heavy atom. The lowest BCUT2D eigenvalue weighted by molar-refractivity contribution is -0.384. The Labute approximate surface area is 134 Å². The Morgan fingerprint density at radius 1 is 1.09 bits per heavy atom. The number of anilines is 1. The Balaban J connectivity index is 2.13. The Kier molecular flexibility index (Phi) is 5.00. The zero-order valence-corrected chi connectivity index (χ0v) is 12.8. The van der Waals surface area contributed by atoms with Crippen molar-refractivity contribution in [1.82, 2.24) is 0 Å². The van der Waals surface area contributed by atoms with Crippen LogP contribution in [0.3, 0.4) is 0 Å². The van der Waals surface area contributed by atoms with Crippen molar-refractivity contribution in [2.24, 2.45) is 0 Å². The van der Waals surface area contributed by atoms with Crippen LogP contribution in [-0.4, -0.2) is 21.4 Å². The van der Waals surface area contributed by atoms with Gasteiger partial charge in [-0.2, -0.15) is 0 Å². The molecule has 2 aromatic carbocycles. The molecule has 0 aromatic heterocycles. The van der Waals surface area contributed by atoms with E-state index in [0.29, 0.717) is 5.69 Å². The molecule has 0 saturated carbocycles. The van der Waals surface area contributed by atoms with Gasteiger partial charge in [0.05, 0.1) is 4.92 Å². The fraction of sp³-hybridized carbons (Fsp3) is 0.0667. The van der Waals surface area contributed by atoms with Gasteiger partial charge in [-0.05, 0) is 12.1 Å². The molecule has 0 aliphatic rings. The summed E-state index contributed by atoms with van der Waals surface area (Å²) in [7, 11) is 0. The van der Waals surface area contributed by atoms with Gasteiger partial charge in [0.15, 0.2) is 10.6 Å². The number of para-hydroxylation sites is 1. The van der Waals surface area contributed by atoms with Gasteiger partial charge < -0.3 is 5.32 Å². The molecule has 0 radical (unpaired) electrons. The van der Waals surface area contributed by atoms with E-state index < -0.39 is 21.4 Å². The van der Waals surface area contributed by atoms with Crippen molar-refractivity contribution in [3.8, 4) is 0 Å². The van der Waals surface area contributed by atoms with Crippen molar-refractivity contribution in [1.29, 1.82) is 0 Å². The first kappa shape index (κ1) is 15.8. The molecule has 0 saturated heterocycles. The van der Waals surface area contributed by atoms with Crippen molar-refractivity contribution in [3.63, 3.8) is 0 Å². The molecule has 2 rings (SSSR count). The number of carbonyl (C=O) groups is 2. The number of alkyl halides is 1. The number of ketones is 1. The highest BCUT2D eigenvalue weighted by molar-refractivity contribution is 9.10. The summed E-state index contributed by atoms with van der Waals surface area (Å²) in [5, 5.41) is 13.3. The summed E-state index contributed by atoms with van der Waals surface area (Å²) in [6.07, 6.45) is 0. The van der Waals surface area contributed by atoms with Gasteiger partial charge in [0.1, 0.15) is 0 Å². The third-order valence-electron chi connectivity index (χ3n) is 2.84. The van der Waals surface area contributed by atoms with Gasteiger partial charge in [-0.15, -0.1) is 0 Å². The van der Waals surface area contributed by atoms with Gasteiger partial charge in [-0.3, -0.25) is 19.7 Å². The fourth-order valence-corrected chi connectivity index (χ4v) is 2.14. The van der Waals surface area contributed by atoms with Crippen LogP contribution in [0.15, 0.2) is 54.6 Å². The van der Waals surface area contributed by atoms with Gasteiger partial charge in [0, 0.05) is 23.4 Å². The molecule has 0 bridgehead atoms. The molecule has 0 aliphatic heterocycles. The molecule has 1 N–H and O–H groups in total. The van der Waals surface area contributed by atoms with E-state index in [4.69, 9.17) is 0 Å². The van der Waals surface area contributed by atoms with Crippen LogP contribution >= 0.6 is 15.9 Å². The monoisotopic (exact) mass is 362 g/mol. The second-order valence-electron chi connectivity index (χ2n) is 4.39. The van der Waals surface area contributed by atoms with Crippen LogP contribution in [0.25, 0.3) is 0 Å². The summed E-state index contributed by atoms with van der Waals surface area (Å²) < 4.78 is 0. The molecule has 2 aromatic rings. The molecule has 22 heavy (non-hydrogen) atoms. The minimum Gasteiger partial charge on any atom is -0.325 e. The van der Waals surface area contributed by atoms with Crippen LogP contribution in [0.5, 0.6) is 0 Å². The molecule has 0 fully saturated rings. The maximum absolute atomic E-state index is 12.2. The Hall–Kier alpha value is -2.54. The predicted molar refractivity (Wildman–Crippen MR) is 85.2 cm³/mol. The van der Waals surface area contributed by atoms with Gasteiger partial charge in [0.25, 0.3) is 5.69 Å². The lowest BCUT2D eigenvalue weighted by Crippen LogP contribution is -2.30. The van der Waals surface area contributed by atoms with Crippen molar-refractivity contribution in [3.05, 3.63) is 70.3 Å². The quantitative estimate of drug-likeness (QED) is 0.291. The zero-order valence-electron chi connectivity index (χ0n) is 11.2. The SMILES string of the molecule is O=C(Nc1ccccc1)C(Br)C(=O)c1cccc([N+](=O)[O-])c1. The van der Waals surface area contributed by atoms with E-state index in [1.165, 1.54) is 18.2 Å². The molecule has 112 valence electrons. The van der Waals surface area contributed by atoms with Gasteiger partial charge in [-0.25, -0.2) is 0 Å². The zero-order chi connectivity index (χ0) is 16.1. The van der Waals surface area contributed by atoms with Crippen LogP contribution in [0.4, 0.5) is 11.4 Å². The second kappa shape index (κ2) is 6.95. The number of non-ortho nitro benzene ring substituents is 1.